The number of nitrogens with zero attached hydrogens (tertiary/aromatic N) is 3. The highest BCUT2D eigenvalue weighted by Gasteiger charge is 2.33. The zero-order valence-electron chi connectivity index (χ0n) is 15.8. The molecule has 1 N–H and O–H groups in total. The molecule has 1 fully saturated rings. The highest BCUT2D eigenvalue weighted by Crippen LogP contribution is 2.30. The van der Waals surface area contributed by atoms with Crippen LogP contribution in [0.4, 0.5) is 0 Å². The van der Waals surface area contributed by atoms with Crippen LogP contribution in [0.2, 0.25) is 0 Å². The lowest BCUT2D eigenvalue weighted by atomic mass is 9.97. The maximum Gasteiger partial charge on any atom is 0.306 e. The molecule has 0 saturated carbocycles. The monoisotopic (exact) mass is 385 g/mol. The third-order valence-corrected chi connectivity index (χ3v) is 5.33. The average molecular weight is 385 g/mol. The van der Waals surface area contributed by atoms with Gasteiger partial charge in [-0.15, -0.1) is 0 Å². The second-order valence-corrected chi connectivity index (χ2v) is 7.13. The Morgan fingerprint density at radius 2 is 1.79 bits per heavy atom. The van der Waals surface area contributed by atoms with Crippen molar-refractivity contribution < 1.29 is 24.3 Å². The number of amides is 3. The highest BCUT2D eigenvalue weighted by molar-refractivity contribution is 6.10. The molecular formula is C20H23N3O5. The van der Waals surface area contributed by atoms with Crippen molar-refractivity contribution in [3.8, 4) is 0 Å². The number of carboxylic acids is 1. The summed E-state index contributed by atoms with van der Waals surface area (Å²) in [5, 5.41) is 9.03. The number of piperidine rings is 1. The number of benzene rings is 1. The Balaban J connectivity index is 1.54. The molecule has 1 aromatic carbocycles. The summed E-state index contributed by atoms with van der Waals surface area (Å²) in [5.41, 5.74) is 1.70. The lowest BCUT2D eigenvalue weighted by Crippen LogP contribution is -2.47. The van der Waals surface area contributed by atoms with E-state index in [-0.39, 0.29) is 30.8 Å². The van der Waals surface area contributed by atoms with E-state index in [0.29, 0.717) is 42.8 Å². The maximum atomic E-state index is 12.5. The SMILES string of the molecule is C=C1c2ccccc2C(=O)N1CC(=O)N(C)CC(=O)N1CCC(C(=O)O)CC1. The molecule has 0 atom stereocenters. The molecule has 28 heavy (non-hydrogen) atoms. The molecule has 1 aromatic rings. The van der Waals surface area contributed by atoms with Gasteiger partial charge in [-0.25, -0.2) is 0 Å². The van der Waals surface area contributed by atoms with E-state index in [1.807, 2.05) is 0 Å². The molecule has 2 aliphatic rings. The van der Waals surface area contributed by atoms with Crippen molar-refractivity contribution in [3.63, 3.8) is 0 Å². The number of carbonyl (C=O) groups excluding carboxylic acids is 3. The van der Waals surface area contributed by atoms with Crippen LogP contribution in [0, 0.1) is 5.92 Å². The zero-order chi connectivity index (χ0) is 20.4. The molecule has 0 radical (unpaired) electrons. The minimum atomic E-state index is -0.837. The fourth-order valence-electron chi connectivity index (χ4n) is 3.52. The normalized spacial score (nSPS) is 16.9. The largest absolute Gasteiger partial charge is 0.481 e. The third-order valence-electron chi connectivity index (χ3n) is 5.33. The van der Waals surface area contributed by atoms with Crippen molar-refractivity contribution in [1.82, 2.24) is 14.7 Å². The van der Waals surface area contributed by atoms with Crippen LogP contribution in [0.25, 0.3) is 5.70 Å². The van der Waals surface area contributed by atoms with E-state index in [9.17, 15) is 19.2 Å². The number of carboxylic acid groups (broad SMARTS) is 1. The fourth-order valence-corrected chi connectivity index (χ4v) is 3.52. The molecule has 1 saturated heterocycles. The van der Waals surface area contributed by atoms with Crippen molar-refractivity contribution in [1.29, 1.82) is 0 Å². The maximum absolute atomic E-state index is 12.5. The summed E-state index contributed by atoms with van der Waals surface area (Å²) in [6.45, 7) is 4.35. The summed E-state index contributed by atoms with van der Waals surface area (Å²) in [6, 6.07) is 7.05. The van der Waals surface area contributed by atoms with Gasteiger partial charge in [0.25, 0.3) is 5.91 Å². The summed E-state index contributed by atoms with van der Waals surface area (Å²) in [5.74, 6) is -2.12. The van der Waals surface area contributed by atoms with Gasteiger partial charge < -0.3 is 14.9 Å². The quantitative estimate of drug-likeness (QED) is 0.812. The van der Waals surface area contributed by atoms with Crippen LogP contribution in [0.15, 0.2) is 30.8 Å². The Morgan fingerprint density at radius 3 is 2.36 bits per heavy atom. The first kappa shape index (κ1) is 19.6. The van der Waals surface area contributed by atoms with Gasteiger partial charge in [0, 0.05) is 37.0 Å². The molecule has 8 nitrogen and oxygen atoms in total. The molecule has 0 aromatic heterocycles. The number of likely N-dealkylation sites (tertiary alicyclic amines) is 1. The number of carbonyl (C=O) groups is 4. The predicted octanol–water partition coefficient (Wildman–Crippen LogP) is 0.895. The molecule has 2 aliphatic heterocycles. The van der Waals surface area contributed by atoms with Crippen LogP contribution in [0.1, 0.15) is 28.8 Å². The van der Waals surface area contributed by atoms with E-state index < -0.39 is 11.9 Å². The van der Waals surface area contributed by atoms with E-state index >= 15 is 0 Å². The molecule has 0 spiro atoms. The lowest BCUT2D eigenvalue weighted by Gasteiger charge is -2.31. The Hall–Kier alpha value is -3.16. The summed E-state index contributed by atoms with van der Waals surface area (Å²) in [6.07, 6.45) is 0.832. The number of hydrogen-bond acceptors (Lipinski definition) is 4. The van der Waals surface area contributed by atoms with Crippen molar-refractivity contribution >= 4 is 29.4 Å². The zero-order valence-corrected chi connectivity index (χ0v) is 15.8. The topological polar surface area (TPSA) is 98.2 Å². The number of rotatable bonds is 5. The van der Waals surface area contributed by atoms with E-state index in [2.05, 4.69) is 6.58 Å². The van der Waals surface area contributed by atoms with Gasteiger partial charge in [-0.05, 0) is 18.9 Å². The molecule has 2 heterocycles. The van der Waals surface area contributed by atoms with Crippen molar-refractivity contribution in [3.05, 3.63) is 42.0 Å². The van der Waals surface area contributed by atoms with Gasteiger partial charge >= 0.3 is 5.97 Å². The highest BCUT2D eigenvalue weighted by atomic mass is 16.4. The first-order chi connectivity index (χ1) is 13.3. The smallest absolute Gasteiger partial charge is 0.306 e. The van der Waals surface area contributed by atoms with Gasteiger partial charge in [-0.1, -0.05) is 24.8 Å². The molecular weight excluding hydrogens is 362 g/mol. The van der Waals surface area contributed by atoms with Crippen molar-refractivity contribution in [2.75, 3.05) is 33.2 Å². The van der Waals surface area contributed by atoms with Gasteiger partial charge in [0.2, 0.25) is 11.8 Å². The Kier molecular flexibility index (Phi) is 5.48. The van der Waals surface area contributed by atoms with Crippen LogP contribution < -0.4 is 0 Å². The Morgan fingerprint density at radius 1 is 1.18 bits per heavy atom. The first-order valence-corrected chi connectivity index (χ1v) is 9.14. The molecule has 0 aliphatic carbocycles. The number of hydrogen-bond donors (Lipinski definition) is 1. The molecule has 3 amide bonds. The second kappa shape index (κ2) is 7.84. The minimum Gasteiger partial charge on any atom is -0.481 e. The van der Waals surface area contributed by atoms with Gasteiger partial charge in [0.05, 0.1) is 12.5 Å². The van der Waals surface area contributed by atoms with Gasteiger partial charge in [0.1, 0.15) is 6.54 Å². The van der Waals surface area contributed by atoms with E-state index in [1.165, 1.54) is 16.8 Å². The van der Waals surface area contributed by atoms with Gasteiger partial charge in [-0.3, -0.25) is 24.1 Å². The predicted molar refractivity (Wildman–Crippen MR) is 101 cm³/mol. The van der Waals surface area contributed by atoms with Crippen molar-refractivity contribution in [2.45, 2.75) is 12.8 Å². The number of fused-ring (bicyclic) bond motifs is 1. The van der Waals surface area contributed by atoms with E-state index in [0.717, 1.165) is 0 Å². The summed E-state index contributed by atoms with van der Waals surface area (Å²) < 4.78 is 0. The summed E-state index contributed by atoms with van der Waals surface area (Å²) in [4.78, 5) is 52.7. The Labute approximate surface area is 163 Å². The molecule has 0 bridgehead atoms. The third kappa shape index (κ3) is 3.76. The van der Waals surface area contributed by atoms with Crippen LogP contribution in [0.3, 0.4) is 0 Å². The fraction of sp³-hybridized carbons (Fsp3) is 0.400. The number of likely N-dealkylation sites (N-methyl/N-ethyl adjacent to an activating group) is 1. The van der Waals surface area contributed by atoms with Crippen molar-refractivity contribution in [2.24, 2.45) is 5.92 Å². The van der Waals surface area contributed by atoms with E-state index in [4.69, 9.17) is 5.11 Å². The number of aliphatic carboxylic acids is 1. The van der Waals surface area contributed by atoms with Crippen LogP contribution in [0.5, 0.6) is 0 Å². The summed E-state index contributed by atoms with van der Waals surface area (Å²) >= 11 is 0. The van der Waals surface area contributed by atoms with Crippen LogP contribution >= 0.6 is 0 Å². The molecule has 148 valence electrons. The minimum absolute atomic E-state index is 0.113. The molecule has 8 heteroatoms. The first-order valence-electron chi connectivity index (χ1n) is 9.14. The van der Waals surface area contributed by atoms with Gasteiger partial charge in [0.15, 0.2) is 0 Å². The standard InChI is InChI=1S/C20H23N3O5/c1-13-15-5-3-4-6-16(15)19(26)23(13)12-17(24)21(2)11-18(25)22-9-7-14(8-10-22)20(27)28/h3-6,14H,1,7-12H2,2H3,(H,27,28). The van der Waals surface area contributed by atoms with Crippen LogP contribution in [-0.4, -0.2) is 76.7 Å². The average Bonchev–Trinajstić information content (AvgIpc) is 2.93. The molecule has 3 rings (SSSR count). The summed E-state index contributed by atoms with van der Waals surface area (Å²) in [7, 11) is 1.51. The Bertz CT molecular complexity index is 807. The second-order valence-electron chi connectivity index (χ2n) is 7.13. The lowest BCUT2D eigenvalue weighted by molar-refractivity contribution is -0.146. The van der Waals surface area contributed by atoms with E-state index in [1.54, 1.807) is 29.2 Å². The molecule has 0 unspecified atom stereocenters. The van der Waals surface area contributed by atoms with Gasteiger partial charge in [-0.2, -0.15) is 0 Å². The van der Waals surface area contributed by atoms with Crippen LogP contribution in [-0.2, 0) is 14.4 Å².